The predicted octanol–water partition coefficient (Wildman–Crippen LogP) is 0.537. The monoisotopic (exact) mass is 284 g/mol. The predicted molar refractivity (Wildman–Crippen MR) is 76.9 cm³/mol. The van der Waals surface area contributed by atoms with Crippen LogP contribution in [0.5, 0.6) is 0 Å². The second-order valence-corrected chi connectivity index (χ2v) is 4.89. The Morgan fingerprint density at radius 3 is 2.57 bits per heavy atom. The van der Waals surface area contributed by atoms with Crippen LogP contribution in [0.4, 0.5) is 5.82 Å². The molecule has 0 aliphatic carbocycles. The summed E-state index contributed by atoms with van der Waals surface area (Å²) < 4.78 is 0. The van der Waals surface area contributed by atoms with Crippen molar-refractivity contribution in [1.29, 1.82) is 0 Å². The van der Waals surface area contributed by atoms with Gasteiger partial charge >= 0.3 is 0 Å². The molecule has 1 aliphatic rings. The molecule has 0 radical (unpaired) electrons. The van der Waals surface area contributed by atoms with E-state index in [2.05, 4.69) is 24.8 Å². The lowest BCUT2D eigenvalue weighted by atomic mass is 10.2. The highest BCUT2D eigenvalue weighted by molar-refractivity contribution is 5.92. The van der Waals surface area contributed by atoms with Crippen molar-refractivity contribution in [2.45, 2.75) is 6.92 Å². The maximum atomic E-state index is 12.3. The third-order valence-electron chi connectivity index (χ3n) is 3.46. The van der Waals surface area contributed by atoms with Gasteiger partial charge in [-0.15, -0.1) is 0 Å². The first kappa shape index (κ1) is 13.4. The van der Waals surface area contributed by atoms with E-state index in [-0.39, 0.29) is 5.91 Å². The Bertz CT molecular complexity index is 624. The van der Waals surface area contributed by atoms with E-state index in [1.165, 1.54) is 12.4 Å². The second-order valence-electron chi connectivity index (χ2n) is 4.89. The number of nitrogens with zero attached hydrogens (tertiary/aromatic N) is 6. The summed E-state index contributed by atoms with van der Waals surface area (Å²) in [5.41, 5.74) is 1.34. The number of aryl methyl sites for hydroxylation is 1. The van der Waals surface area contributed by atoms with Crippen molar-refractivity contribution in [2.75, 3.05) is 31.1 Å². The van der Waals surface area contributed by atoms with Crippen LogP contribution in [-0.4, -0.2) is 56.9 Å². The van der Waals surface area contributed by atoms with Gasteiger partial charge in [-0.2, -0.15) is 0 Å². The van der Waals surface area contributed by atoms with E-state index in [1.807, 2.05) is 13.0 Å². The minimum Gasteiger partial charge on any atom is -0.353 e. The fourth-order valence-electron chi connectivity index (χ4n) is 2.32. The van der Waals surface area contributed by atoms with Gasteiger partial charge in [0.1, 0.15) is 17.8 Å². The average molecular weight is 284 g/mol. The van der Waals surface area contributed by atoms with Crippen molar-refractivity contribution < 1.29 is 4.79 Å². The Labute approximate surface area is 122 Å². The standard InChI is InChI=1S/C14H16N6O/c1-11-8-13(18-10-17-11)19-4-6-20(7-5-19)14(21)12-9-15-2-3-16-12/h2-3,8-10H,4-7H2,1H3. The number of rotatable bonds is 2. The molecule has 3 rings (SSSR count). The first-order chi connectivity index (χ1) is 10.2. The topological polar surface area (TPSA) is 75.1 Å². The molecule has 0 N–H and O–H groups in total. The van der Waals surface area contributed by atoms with E-state index in [0.29, 0.717) is 18.8 Å². The number of amides is 1. The molecule has 21 heavy (non-hydrogen) atoms. The van der Waals surface area contributed by atoms with Gasteiger partial charge in [0.15, 0.2) is 0 Å². The fourth-order valence-corrected chi connectivity index (χ4v) is 2.32. The Morgan fingerprint density at radius 1 is 1.10 bits per heavy atom. The molecule has 7 nitrogen and oxygen atoms in total. The fraction of sp³-hybridized carbons (Fsp3) is 0.357. The molecular formula is C14H16N6O. The molecule has 0 spiro atoms. The van der Waals surface area contributed by atoms with Crippen LogP contribution in [-0.2, 0) is 0 Å². The molecule has 0 bridgehead atoms. The molecule has 108 valence electrons. The van der Waals surface area contributed by atoms with Gasteiger partial charge in [0, 0.05) is 50.3 Å². The van der Waals surface area contributed by atoms with E-state index in [4.69, 9.17) is 0 Å². The molecule has 1 aliphatic heterocycles. The summed E-state index contributed by atoms with van der Waals surface area (Å²) in [6.45, 7) is 4.75. The number of carbonyl (C=O) groups excluding carboxylic acids is 1. The lowest BCUT2D eigenvalue weighted by Crippen LogP contribution is -2.49. The summed E-state index contributed by atoms with van der Waals surface area (Å²) in [4.78, 5) is 32.6. The highest BCUT2D eigenvalue weighted by Gasteiger charge is 2.23. The van der Waals surface area contributed by atoms with Crippen molar-refractivity contribution in [3.8, 4) is 0 Å². The molecule has 0 saturated carbocycles. The summed E-state index contributed by atoms with van der Waals surface area (Å²) in [6.07, 6.45) is 6.17. The molecule has 0 unspecified atom stereocenters. The van der Waals surface area contributed by atoms with E-state index < -0.39 is 0 Å². The summed E-state index contributed by atoms with van der Waals surface area (Å²) in [6, 6.07) is 1.96. The Hall–Kier alpha value is -2.57. The van der Waals surface area contributed by atoms with Gasteiger partial charge in [-0.05, 0) is 6.92 Å². The molecular weight excluding hydrogens is 268 g/mol. The van der Waals surface area contributed by atoms with Gasteiger partial charge in [-0.1, -0.05) is 0 Å². The van der Waals surface area contributed by atoms with E-state index in [9.17, 15) is 4.79 Å². The maximum Gasteiger partial charge on any atom is 0.274 e. The Balaban J connectivity index is 1.64. The number of piperazine rings is 1. The Morgan fingerprint density at radius 2 is 1.90 bits per heavy atom. The number of aromatic nitrogens is 4. The van der Waals surface area contributed by atoms with Crippen LogP contribution in [0.1, 0.15) is 16.2 Å². The zero-order valence-corrected chi connectivity index (χ0v) is 11.8. The van der Waals surface area contributed by atoms with E-state index in [0.717, 1.165) is 24.6 Å². The third-order valence-corrected chi connectivity index (χ3v) is 3.46. The summed E-state index contributed by atoms with van der Waals surface area (Å²) in [7, 11) is 0. The molecule has 1 saturated heterocycles. The second kappa shape index (κ2) is 5.82. The van der Waals surface area contributed by atoms with Crippen LogP contribution >= 0.6 is 0 Å². The first-order valence-corrected chi connectivity index (χ1v) is 6.83. The highest BCUT2D eigenvalue weighted by Crippen LogP contribution is 2.14. The number of anilines is 1. The van der Waals surface area contributed by atoms with Crippen molar-refractivity contribution in [3.63, 3.8) is 0 Å². The zero-order valence-electron chi connectivity index (χ0n) is 11.8. The van der Waals surface area contributed by atoms with Crippen LogP contribution in [0.3, 0.4) is 0 Å². The van der Waals surface area contributed by atoms with Crippen LogP contribution in [0.2, 0.25) is 0 Å². The van der Waals surface area contributed by atoms with Crippen molar-refractivity contribution in [2.24, 2.45) is 0 Å². The average Bonchev–Trinajstić information content (AvgIpc) is 2.55. The van der Waals surface area contributed by atoms with Gasteiger partial charge in [-0.25, -0.2) is 15.0 Å². The first-order valence-electron chi connectivity index (χ1n) is 6.83. The largest absolute Gasteiger partial charge is 0.353 e. The normalized spacial score (nSPS) is 15.1. The van der Waals surface area contributed by atoms with Gasteiger partial charge < -0.3 is 9.80 Å². The smallest absolute Gasteiger partial charge is 0.274 e. The van der Waals surface area contributed by atoms with Crippen LogP contribution in [0, 0.1) is 6.92 Å². The summed E-state index contributed by atoms with van der Waals surface area (Å²) >= 11 is 0. The summed E-state index contributed by atoms with van der Waals surface area (Å²) in [5.74, 6) is 0.843. The maximum absolute atomic E-state index is 12.3. The minimum atomic E-state index is -0.0679. The Kier molecular flexibility index (Phi) is 3.72. The molecule has 3 heterocycles. The third kappa shape index (κ3) is 2.96. The number of hydrogen-bond acceptors (Lipinski definition) is 6. The lowest BCUT2D eigenvalue weighted by molar-refractivity contribution is 0.0740. The molecule has 7 heteroatoms. The minimum absolute atomic E-state index is 0.0679. The van der Waals surface area contributed by atoms with Crippen molar-refractivity contribution >= 4 is 11.7 Å². The molecule has 2 aromatic rings. The lowest BCUT2D eigenvalue weighted by Gasteiger charge is -2.35. The van der Waals surface area contributed by atoms with Crippen molar-refractivity contribution in [1.82, 2.24) is 24.8 Å². The quantitative estimate of drug-likeness (QED) is 0.801. The van der Waals surface area contributed by atoms with E-state index >= 15 is 0 Å². The molecule has 1 fully saturated rings. The number of carbonyl (C=O) groups is 1. The zero-order chi connectivity index (χ0) is 14.7. The molecule has 0 atom stereocenters. The molecule has 0 aromatic carbocycles. The highest BCUT2D eigenvalue weighted by atomic mass is 16.2. The van der Waals surface area contributed by atoms with Gasteiger partial charge in [-0.3, -0.25) is 9.78 Å². The molecule has 1 amide bonds. The molecule has 2 aromatic heterocycles. The van der Waals surface area contributed by atoms with Crippen LogP contribution < -0.4 is 4.90 Å². The number of hydrogen-bond donors (Lipinski definition) is 0. The van der Waals surface area contributed by atoms with Crippen molar-refractivity contribution in [3.05, 3.63) is 42.4 Å². The van der Waals surface area contributed by atoms with Gasteiger partial charge in [0.05, 0.1) is 6.20 Å². The van der Waals surface area contributed by atoms with E-state index in [1.54, 1.807) is 17.4 Å². The SMILES string of the molecule is Cc1cc(N2CCN(C(=O)c3cnccn3)CC2)ncn1. The van der Waals surface area contributed by atoms with Crippen LogP contribution in [0.25, 0.3) is 0 Å². The van der Waals surface area contributed by atoms with Crippen LogP contribution in [0.15, 0.2) is 31.0 Å². The summed E-state index contributed by atoms with van der Waals surface area (Å²) in [5, 5.41) is 0. The van der Waals surface area contributed by atoms with Gasteiger partial charge in [0.2, 0.25) is 0 Å². The van der Waals surface area contributed by atoms with Gasteiger partial charge in [0.25, 0.3) is 5.91 Å².